The number of benzene rings is 1. The van der Waals surface area contributed by atoms with Gasteiger partial charge in [-0.05, 0) is 36.8 Å². The first-order valence-electron chi connectivity index (χ1n) is 4.74. The summed E-state index contributed by atoms with van der Waals surface area (Å²) in [4.78, 5) is 0.797. The lowest BCUT2D eigenvalue weighted by molar-refractivity contribution is 0.287. The molecule has 0 aliphatic heterocycles. The SMILES string of the molecule is COc1c(CCCO)cc(F)cc1SC. The van der Waals surface area contributed by atoms with Crippen molar-refractivity contribution in [2.24, 2.45) is 0 Å². The van der Waals surface area contributed by atoms with E-state index in [-0.39, 0.29) is 12.4 Å². The molecule has 0 heterocycles. The van der Waals surface area contributed by atoms with Crippen LogP contribution in [0.5, 0.6) is 5.75 Å². The van der Waals surface area contributed by atoms with Crippen LogP contribution in [0.3, 0.4) is 0 Å². The molecule has 0 aliphatic rings. The molecule has 0 fully saturated rings. The minimum absolute atomic E-state index is 0.105. The summed E-state index contributed by atoms with van der Waals surface area (Å²) in [6.07, 6.45) is 3.13. The van der Waals surface area contributed by atoms with E-state index in [0.717, 1.165) is 16.2 Å². The van der Waals surface area contributed by atoms with Crippen LogP contribution in [0.25, 0.3) is 0 Å². The average Bonchev–Trinajstić information content (AvgIpc) is 2.25. The van der Waals surface area contributed by atoms with E-state index in [9.17, 15) is 4.39 Å². The molecule has 1 aromatic carbocycles. The van der Waals surface area contributed by atoms with Crippen molar-refractivity contribution in [2.45, 2.75) is 17.7 Å². The zero-order valence-corrected chi connectivity index (χ0v) is 9.73. The molecule has 1 rings (SSSR count). The number of thioether (sulfide) groups is 1. The second-order valence-corrected chi connectivity index (χ2v) is 3.98. The summed E-state index contributed by atoms with van der Waals surface area (Å²) in [5.74, 6) is 0.463. The van der Waals surface area contributed by atoms with Gasteiger partial charge in [0, 0.05) is 6.61 Å². The van der Waals surface area contributed by atoms with E-state index >= 15 is 0 Å². The van der Waals surface area contributed by atoms with Crippen LogP contribution < -0.4 is 4.74 Å². The molecule has 15 heavy (non-hydrogen) atoms. The third-order valence-corrected chi connectivity index (χ3v) is 2.87. The Hall–Kier alpha value is -0.740. The van der Waals surface area contributed by atoms with Crippen molar-refractivity contribution in [3.63, 3.8) is 0 Å². The number of aliphatic hydroxyl groups is 1. The van der Waals surface area contributed by atoms with Crippen LogP contribution >= 0.6 is 11.8 Å². The van der Waals surface area contributed by atoms with Gasteiger partial charge in [-0.25, -0.2) is 4.39 Å². The summed E-state index contributed by atoms with van der Waals surface area (Å²) in [5, 5.41) is 8.75. The number of aryl methyl sites for hydroxylation is 1. The summed E-state index contributed by atoms with van der Waals surface area (Å²) in [6, 6.07) is 2.93. The van der Waals surface area contributed by atoms with Crippen LogP contribution in [0, 0.1) is 5.82 Å². The highest BCUT2D eigenvalue weighted by Gasteiger charge is 2.10. The van der Waals surface area contributed by atoms with Crippen molar-refractivity contribution < 1.29 is 14.2 Å². The maximum atomic E-state index is 13.2. The molecule has 0 radical (unpaired) electrons. The fourth-order valence-electron chi connectivity index (χ4n) is 1.46. The molecule has 0 unspecified atom stereocenters. The smallest absolute Gasteiger partial charge is 0.135 e. The van der Waals surface area contributed by atoms with Crippen molar-refractivity contribution in [3.05, 3.63) is 23.5 Å². The lowest BCUT2D eigenvalue weighted by Gasteiger charge is -2.12. The van der Waals surface area contributed by atoms with Crippen molar-refractivity contribution in [2.75, 3.05) is 20.0 Å². The van der Waals surface area contributed by atoms with Gasteiger partial charge in [-0.1, -0.05) is 0 Å². The summed E-state index contributed by atoms with van der Waals surface area (Å²) in [7, 11) is 1.58. The number of hydrogen-bond donors (Lipinski definition) is 1. The Balaban J connectivity index is 3.05. The molecular weight excluding hydrogens is 215 g/mol. The van der Waals surface area contributed by atoms with E-state index in [2.05, 4.69) is 0 Å². The molecule has 0 amide bonds. The highest BCUT2D eigenvalue weighted by atomic mass is 32.2. The quantitative estimate of drug-likeness (QED) is 0.788. The normalized spacial score (nSPS) is 10.4. The maximum absolute atomic E-state index is 13.2. The van der Waals surface area contributed by atoms with Crippen molar-refractivity contribution in [3.8, 4) is 5.75 Å². The summed E-state index contributed by atoms with van der Waals surface area (Å²) < 4.78 is 18.5. The van der Waals surface area contributed by atoms with Gasteiger partial charge in [0.1, 0.15) is 11.6 Å². The van der Waals surface area contributed by atoms with E-state index in [1.165, 1.54) is 23.9 Å². The molecule has 0 saturated carbocycles. The van der Waals surface area contributed by atoms with E-state index in [1.54, 1.807) is 7.11 Å². The Labute approximate surface area is 93.5 Å². The topological polar surface area (TPSA) is 29.5 Å². The van der Waals surface area contributed by atoms with Crippen molar-refractivity contribution in [1.29, 1.82) is 0 Å². The molecule has 1 N–H and O–H groups in total. The zero-order valence-electron chi connectivity index (χ0n) is 8.92. The standard InChI is InChI=1S/C11H15FO2S/c1-14-11-8(4-3-5-13)6-9(12)7-10(11)15-2/h6-7,13H,3-5H2,1-2H3. The Morgan fingerprint density at radius 1 is 1.47 bits per heavy atom. The van der Waals surface area contributed by atoms with E-state index in [1.807, 2.05) is 6.26 Å². The predicted molar refractivity (Wildman–Crippen MR) is 60.1 cm³/mol. The molecular formula is C11H15FO2S. The number of ether oxygens (including phenoxy) is 1. The number of halogens is 1. The van der Waals surface area contributed by atoms with Gasteiger partial charge >= 0.3 is 0 Å². The number of methoxy groups -OCH3 is 1. The number of rotatable bonds is 5. The summed E-state index contributed by atoms with van der Waals surface area (Å²) in [6.45, 7) is 0.105. The average molecular weight is 230 g/mol. The molecule has 0 aliphatic carbocycles. The zero-order chi connectivity index (χ0) is 11.3. The molecule has 1 aromatic rings. The van der Waals surface area contributed by atoms with Crippen molar-refractivity contribution in [1.82, 2.24) is 0 Å². The fraction of sp³-hybridized carbons (Fsp3) is 0.455. The van der Waals surface area contributed by atoms with Crippen LogP contribution in [0.1, 0.15) is 12.0 Å². The van der Waals surface area contributed by atoms with E-state index in [0.29, 0.717) is 12.8 Å². The second kappa shape index (κ2) is 5.98. The first-order chi connectivity index (χ1) is 7.22. The van der Waals surface area contributed by atoms with Gasteiger partial charge in [0.2, 0.25) is 0 Å². The number of hydrogen-bond acceptors (Lipinski definition) is 3. The van der Waals surface area contributed by atoms with Crippen LogP contribution in [0.4, 0.5) is 4.39 Å². The van der Waals surface area contributed by atoms with Gasteiger partial charge in [0.15, 0.2) is 0 Å². The molecule has 0 bridgehead atoms. The largest absolute Gasteiger partial charge is 0.495 e. The first kappa shape index (κ1) is 12.3. The molecule has 0 spiro atoms. The van der Waals surface area contributed by atoms with Gasteiger partial charge in [-0.2, -0.15) is 0 Å². The van der Waals surface area contributed by atoms with E-state index in [4.69, 9.17) is 9.84 Å². The van der Waals surface area contributed by atoms with E-state index < -0.39 is 0 Å². The predicted octanol–water partition coefficient (Wildman–Crippen LogP) is 2.48. The molecule has 0 aromatic heterocycles. The summed E-state index contributed by atoms with van der Waals surface area (Å²) in [5.41, 5.74) is 0.816. The van der Waals surface area contributed by atoms with Gasteiger partial charge in [-0.3, -0.25) is 0 Å². The molecule has 0 atom stereocenters. The maximum Gasteiger partial charge on any atom is 0.135 e. The van der Waals surface area contributed by atoms with Gasteiger partial charge in [0.05, 0.1) is 12.0 Å². The first-order valence-corrected chi connectivity index (χ1v) is 5.96. The van der Waals surface area contributed by atoms with Gasteiger partial charge in [-0.15, -0.1) is 11.8 Å². The lowest BCUT2D eigenvalue weighted by Crippen LogP contribution is -1.97. The Kier molecular flexibility index (Phi) is 4.91. The third kappa shape index (κ3) is 3.11. The van der Waals surface area contributed by atoms with Crippen LogP contribution in [0.2, 0.25) is 0 Å². The van der Waals surface area contributed by atoms with Crippen molar-refractivity contribution >= 4 is 11.8 Å². The van der Waals surface area contributed by atoms with Crippen LogP contribution in [-0.4, -0.2) is 25.1 Å². The third-order valence-electron chi connectivity index (χ3n) is 2.12. The minimum atomic E-state index is -0.256. The molecule has 0 saturated heterocycles. The van der Waals surface area contributed by atoms with Gasteiger partial charge < -0.3 is 9.84 Å². The Morgan fingerprint density at radius 2 is 2.20 bits per heavy atom. The Bertz CT molecular complexity index is 329. The fourth-order valence-corrected chi connectivity index (χ4v) is 2.09. The summed E-state index contributed by atoms with van der Waals surface area (Å²) >= 11 is 1.45. The molecule has 2 nitrogen and oxygen atoms in total. The Morgan fingerprint density at radius 3 is 2.73 bits per heavy atom. The van der Waals surface area contributed by atoms with Crippen LogP contribution in [-0.2, 0) is 6.42 Å². The van der Waals surface area contributed by atoms with Crippen LogP contribution in [0.15, 0.2) is 17.0 Å². The number of aliphatic hydroxyl groups excluding tert-OH is 1. The van der Waals surface area contributed by atoms with Gasteiger partial charge in [0.25, 0.3) is 0 Å². The molecule has 84 valence electrons. The minimum Gasteiger partial charge on any atom is -0.495 e. The molecule has 4 heteroatoms. The second-order valence-electron chi connectivity index (χ2n) is 3.13. The highest BCUT2D eigenvalue weighted by molar-refractivity contribution is 7.98. The lowest BCUT2D eigenvalue weighted by atomic mass is 10.1. The highest BCUT2D eigenvalue weighted by Crippen LogP contribution is 2.32. The monoisotopic (exact) mass is 230 g/mol.